The molecule has 73 heavy (non-hydrogen) atoms. The summed E-state index contributed by atoms with van der Waals surface area (Å²) < 4.78 is 45.4. The van der Waals surface area contributed by atoms with Crippen LogP contribution in [0.15, 0.2) is 54.6 Å². The summed E-state index contributed by atoms with van der Waals surface area (Å²) in [6, 6.07) is 12.1. The predicted molar refractivity (Wildman–Crippen MR) is 263 cm³/mol. The van der Waals surface area contributed by atoms with Crippen molar-refractivity contribution in [3.05, 3.63) is 76.3 Å². The predicted octanol–water partition coefficient (Wildman–Crippen LogP) is 4.28. The molecular weight excluding hydrogens is 972 g/mol. The Hall–Kier alpha value is -5.48. The van der Waals surface area contributed by atoms with Gasteiger partial charge in [-0.3, -0.25) is 24.0 Å². The summed E-state index contributed by atoms with van der Waals surface area (Å²) in [4.78, 5) is 94.6. The van der Waals surface area contributed by atoms with Gasteiger partial charge in [-0.2, -0.15) is 0 Å². The molecule has 0 saturated carbocycles. The van der Waals surface area contributed by atoms with Gasteiger partial charge in [0, 0.05) is 51.2 Å². The van der Waals surface area contributed by atoms with Crippen molar-refractivity contribution in [3.8, 4) is 5.75 Å². The van der Waals surface area contributed by atoms with Crippen LogP contribution in [0.25, 0.3) is 0 Å². The molecule has 0 radical (unpaired) electrons. The highest BCUT2D eigenvalue weighted by atomic mass is 35.5. The van der Waals surface area contributed by atoms with Crippen molar-refractivity contribution >= 4 is 53.1 Å². The number of hydrogen-bond donors (Lipinski definition) is 3. The smallest absolute Gasteiger partial charge is 0.361 e. The normalized spacial score (nSPS) is 23.0. The average Bonchev–Trinajstić information content (AvgIpc) is 4.10. The molecule has 0 bridgehead atoms. The van der Waals surface area contributed by atoms with E-state index in [4.69, 9.17) is 54.3 Å². The Labute approximate surface area is 431 Å². The van der Waals surface area contributed by atoms with Crippen molar-refractivity contribution in [2.75, 3.05) is 66.4 Å². The number of rotatable bonds is 25. The molecule has 0 aromatic heterocycles. The number of esters is 2. The molecule has 3 aliphatic heterocycles. The first kappa shape index (κ1) is 58.4. The Morgan fingerprint density at radius 2 is 1.51 bits per heavy atom. The number of imide groups is 1. The van der Waals surface area contributed by atoms with Gasteiger partial charge in [0.05, 0.1) is 69.9 Å². The fourth-order valence-corrected chi connectivity index (χ4v) is 8.02. The summed E-state index contributed by atoms with van der Waals surface area (Å²) in [5.74, 6) is -4.29. The second-order valence-electron chi connectivity index (χ2n) is 19.1. The largest absolute Gasteiger partial charge is 0.495 e. The Kier molecular flexibility index (Phi) is 23.1. The average molecular weight is 1040 g/mol. The molecule has 4 amide bonds. The molecule has 3 N–H and O–H groups in total. The third-order valence-electron chi connectivity index (χ3n) is 12.2. The monoisotopic (exact) mass is 1040 g/mol. The first-order chi connectivity index (χ1) is 34.9. The number of methoxy groups -OCH3 is 1. The molecule has 2 aromatic rings. The first-order valence-corrected chi connectivity index (χ1v) is 25.1. The van der Waals surface area contributed by atoms with Crippen LogP contribution in [0.3, 0.4) is 0 Å². The van der Waals surface area contributed by atoms with Crippen molar-refractivity contribution in [2.45, 2.75) is 117 Å². The third-order valence-corrected chi connectivity index (χ3v) is 12.5. The van der Waals surface area contributed by atoms with Crippen LogP contribution in [0.1, 0.15) is 90.0 Å². The SMILES string of the molecule is COc1ccc(C[C@H]2NC(=O)/C=C\C[C@@H]([C@H](C)[C@H]3O[C@@H]3c3ccc(CNCCOCCOCCOCCOC(C)C(=O)ON4C(=O)CCC4=O)cc3)OC(=O)[C@H](CC(C)C)OC(=O)C(C)(C)CNC2=O)cc1Cl. The summed E-state index contributed by atoms with van der Waals surface area (Å²) >= 11 is 6.37. The Morgan fingerprint density at radius 3 is 2.15 bits per heavy atom. The number of halogens is 1. The van der Waals surface area contributed by atoms with Crippen molar-refractivity contribution in [2.24, 2.45) is 17.3 Å². The lowest BCUT2D eigenvalue weighted by Crippen LogP contribution is -2.51. The van der Waals surface area contributed by atoms with Crippen LogP contribution in [0.5, 0.6) is 5.75 Å². The lowest BCUT2D eigenvalue weighted by atomic mass is 9.92. The summed E-state index contributed by atoms with van der Waals surface area (Å²) in [5, 5.41) is 9.75. The molecule has 2 aromatic carbocycles. The van der Waals surface area contributed by atoms with Gasteiger partial charge in [0.25, 0.3) is 11.8 Å². The molecule has 2 fully saturated rings. The number of nitrogens with zero attached hydrogens (tertiary/aromatic N) is 1. The van der Waals surface area contributed by atoms with Crippen molar-refractivity contribution < 1.29 is 76.3 Å². The summed E-state index contributed by atoms with van der Waals surface area (Å²) in [5.41, 5.74) is 1.44. The molecule has 402 valence electrons. The maximum absolute atomic E-state index is 13.9. The first-order valence-electron chi connectivity index (χ1n) is 24.7. The van der Waals surface area contributed by atoms with E-state index in [-0.39, 0.29) is 75.9 Å². The van der Waals surface area contributed by atoms with Crippen LogP contribution in [-0.2, 0) is 84.5 Å². The van der Waals surface area contributed by atoms with Crippen molar-refractivity contribution in [3.63, 3.8) is 0 Å². The van der Waals surface area contributed by atoms with Crippen LogP contribution in [0.2, 0.25) is 5.02 Å². The number of epoxide rings is 1. The number of carbonyl (C=O) groups is 7. The highest BCUT2D eigenvalue weighted by Crippen LogP contribution is 2.45. The number of cyclic esters (lactones) is 2. The zero-order valence-electron chi connectivity index (χ0n) is 42.8. The highest BCUT2D eigenvalue weighted by molar-refractivity contribution is 6.32. The molecule has 21 heteroatoms. The van der Waals surface area contributed by atoms with Gasteiger partial charge in [-0.15, -0.1) is 5.06 Å². The second-order valence-corrected chi connectivity index (χ2v) is 19.5. The number of nitrogens with one attached hydrogen (secondary N) is 3. The molecule has 1 unspecified atom stereocenters. The lowest BCUT2D eigenvalue weighted by molar-refractivity contribution is -0.204. The van der Waals surface area contributed by atoms with E-state index in [0.29, 0.717) is 67.5 Å². The van der Waals surface area contributed by atoms with E-state index in [0.717, 1.165) is 11.1 Å². The molecular formula is C52H71ClN4O16. The summed E-state index contributed by atoms with van der Waals surface area (Å²) in [7, 11) is 1.50. The zero-order chi connectivity index (χ0) is 53.1. The van der Waals surface area contributed by atoms with Gasteiger partial charge in [-0.1, -0.05) is 68.8 Å². The minimum absolute atomic E-state index is 0.0157. The van der Waals surface area contributed by atoms with Crippen molar-refractivity contribution in [1.29, 1.82) is 0 Å². The van der Waals surface area contributed by atoms with Crippen LogP contribution in [-0.4, -0.2) is 144 Å². The maximum Gasteiger partial charge on any atom is 0.361 e. The molecule has 7 atom stereocenters. The molecule has 20 nitrogen and oxygen atoms in total. The Bertz CT molecular complexity index is 2210. The molecule has 0 aliphatic carbocycles. The topological polar surface area (TPSA) is 245 Å². The number of ether oxygens (including phenoxy) is 8. The molecule has 3 aliphatic rings. The van der Waals surface area contributed by atoms with E-state index in [2.05, 4.69) is 16.0 Å². The van der Waals surface area contributed by atoms with Gasteiger partial charge < -0.3 is 58.7 Å². The highest BCUT2D eigenvalue weighted by Gasteiger charge is 2.48. The quantitative estimate of drug-likeness (QED) is 0.0544. The maximum atomic E-state index is 13.9. The van der Waals surface area contributed by atoms with Gasteiger partial charge in [-0.05, 0) is 68.0 Å². The van der Waals surface area contributed by atoms with E-state index in [1.54, 1.807) is 38.1 Å². The molecule has 3 heterocycles. The third kappa shape index (κ3) is 18.8. The summed E-state index contributed by atoms with van der Waals surface area (Å²) in [6.07, 6.45) is -0.115. The fourth-order valence-electron chi connectivity index (χ4n) is 7.74. The number of carbonyl (C=O) groups excluding carboxylic acids is 7. The minimum atomic E-state index is -1.24. The molecule has 0 spiro atoms. The van der Waals surface area contributed by atoms with E-state index in [9.17, 15) is 33.6 Å². The van der Waals surface area contributed by atoms with Gasteiger partial charge in [0.2, 0.25) is 11.8 Å². The van der Waals surface area contributed by atoms with Crippen LogP contribution in [0.4, 0.5) is 0 Å². The number of hydrogen-bond acceptors (Lipinski definition) is 17. The molecule has 5 rings (SSSR count). The summed E-state index contributed by atoms with van der Waals surface area (Å²) in [6.45, 7) is 13.8. The lowest BCUT2D eigenvalue weighted by Gasteiger charge is -2.29. The Morgan fingerprint density at radius 1 is 0.863 bits per heavy atom. The van der Waals surface area contributed by atoms with Crippen molar-refractivity contribution in [1.82, 2.24) is 21.0 Å². The number of hydroxylamine groups is 2. The van der Waals surface area contributed by atoms with Gasteiger partial charge >= 0.3 is 17.9 Å². The van der Waals surface area contributed by atoms with Crippen LogP contribution >= 0.6 is 11.6 Å². The van der Waals surface area contributed by atoms with E-state index in [1.807, 2.05) is 45.0 Å². The van der Waals surface area contributed by atoms with Gasteiger partial charge in [0.15, 0.2) is 12.2 Å². The fraction of sp³-hybridized carbons (Fsp3) is 0.596. The standard InChI is InChI=1S/C52H71ClN4O16/c1-32(2)27-42-50(63)70-40(9-8-10-43(58)56-39(29-36-13-16-41(65-7)38(53)28-36)48(61)55-31-52(5,6)51(64)71-42)33(3)46-47(72-46)37-14-11-35(12-15-37)30-54-19-20-66-21-22-67-23-24-68-25-26-69-34(4)49(62)73-57-44(59)17-18-45(57)60/h8,10-16,28,32-34,39-40,42,46-47,54H,9,17-27,29-31H2,1-7H3,(H,55,61)(H,56,58)/b10-8-/t33-,34?,39+,40-,42-,46+,47+/m0/s1. The molecule has 2 saturated heterocycles. The minimum Gasteiger partial charge on any atom is -0.495 e. The van der Waals surface area contributed by atoms with Crippen LogP contribution < -0.4 is 20.7 Å². The van der Waals surface area contributed by atoms with E-state index < -0.39 is 71.3 Å². The van der Waals surface area contributed by atoms with Crippen LogP contribution in [0, 0.1) is 17.3 Å². The number of amides is 4. The number of benzene rings is 2. The Balaban J connectivity index is 1.05. The second kappa shape index (κ2) is 28.8. The van der Waals surface area contributed by atoms with Gasteiger partial charge in [-0.25, -0.2) is 9.59 Å². The van der Waals surface area contributed by atoms with Gasteiger partial charge in [0.1, 0.15) is 24.0 Å². The zero-order valence-corrected chi connectivity index (χ0v) is 43.5. The van der Waals surface area contributed by atoms with E-state index in [1.165, 1.54) is 20.1 Å². The van der Waals surface area contributed by atoms with E-state index >= 15 is 0 Å².